The number of para-hydroxylation sites is 2. The van der Waals surface area contributed by atoms with E-state index in [0.29, 0.717) is 5.95 Å². The number of aromatic nitrogens is 5. The molecule has 0 unspecified atom stereocenters. The largest absolute Gasteiger partial charge is 0.309 e. The number of imidazole rings is 1. The zero-order valence-corrected chi connectivity index (χ0v) is 29.2. The highest BCUT2D eigenvalue weighted by Gasteiger charge is 2.21. The summed E-state index contributed by atoms with van der Waals surface area (Å²) in [5.41, 5.74) is 10.1. The molecule has 0 bridgehead atoms. The number of fused-ring (bicyclic) bond motifs is 7. The third-order valence-corrected chi connectivity index (χ3v) is 11.3. The summed E-state index contributed by atoms with van der Waals surface area (Å²) in [7, 11) is 0. The summed E-state index contributed by atoms with van der Waals surface area (Å²) in [6, 6.07) is 61.8. The van der Waals surface area contributed by atoms with Crippen LogP contribution in [0.4, 0.5) is 0 Å². The second-order valence-corrected chi connectivity index (χ2v) is 14.4. The van der Waals surface area contributed by atoms with Crippen molar-refractivity contribution in [1.82, 2.24) is 24.1 Å². The summed E-state index contributed by atoms with van der Waals surface area (Å²) in [6.45, 7) is 0. The van der Waals surface area contributed by atoms with E-state index in [0.717, 1.165) is 50.6 Å². The van der Waals surface area contributed by atoms with Crippen molar-refractivity contribution in [2.24, 2.45) is 0 Å². The van der Waals surface area contributed by atoms with Gasteiger partial charge in [-0.3, -0.25) is 4.57 Å². The zero-order chi connectivity index (χ0) is 34.9. The molecule has 0 atom stereocenters. The van der Waals surface area contributed by atoms with Gasteiger partial charge in [0.25, 0.3) is 0 Å². The lowest BCUT2D eigenvalue weighted by Crippen LogP contribution is -2.06. The highest BCUT2D eigenvalue weighted by molar-refractivity contribution is 7.25. The summed E-state index contributed by atoms with van der Waals surface area (Å²) in [4.78, 5) is 15.9. The molecule has 0 saturated carbocycles. The molecule has 11 aromatic rings. The molecule has 0 N–H and O–H groups in total. The van der Waals surface area contributed by atoms with Crippen molar-refractivity contribution in [2.45, 2.75) is 0 Å². The number of hydrogen-bond donors (Lipinski definition) is 0. The maximum Gasteiger partial charge on any atom is 0.237 e. The number of hydrogen-bond acceptors (Lipinski definition) is 4. The second kappa shape index (κ2) is 11.8. The number of nitrogens with zero attached hydrogens (tertiary/aromatic N) is 5. The van der Waals surface area contributed by atoms with Crippen LogP contribution in [-0.4, -0.2) is 24.1 Å². The monoisotopic (exact) mass is 695 g/mol. The summed E-state index contributed by atoms with van der Waals surface area (Å²) in [5.74, 6) is 1.37. The first-order chi connectivity index (χ1) is 26.3. The molecule has 0 amide bonds. The van der Waals surface area contributed by atoms with E-state index >= 15 is 0 Å². The minimum atomic E-state index is 0.577. The van der Waals surface area contributed by atoms with E-state index in [9.17, 15) is 0 Å². The molecule has 4 heterocycles. The average Bonchev–Trinajstić information content (AvgIpc) is 3.90. The van der Waals surface area contributed by atoms with Crippen molar-refractivity contribution in [3.63, 3.8) is 0 Å². The molecule has 0 saturated heterocycles. The smallest absolute Gasteiger partial charge is 0.237 e. The summed E-state index contributed by atoms with van der Waals surface area (Å²) >= 11 is 1.80. The minimum absolute atomic E-state index is 0.577. The van der Waals surface area contributed by atoms with Crippen LogP contribution in [0.1, 0.15) is 0 Å². The van der Waals surface area contributed by atoms with E-state index in [4.69, 9.17) is 15.0 Å². The first-order valence-corrected chi connectivity index (χ1v) is 18.5. The standard InChI is InChI=1S/C47H29N5S/c1-3-13-30(14-4-1)38-28-39(31-15-5-2-6-16-31)50-47(49-38)52-43-27-37-36-19-9-12-22-44(36)53-45(37)29-40(43)48-46(52)32-23-25-33(26-24-32)51-41-20-10-7-17-34(41)35-18-8-11-21-42(35)51/h1-29H. The van der Waals surface area contributed by atoms with E-state index in [2.05, 4.69) is 173 Å². The first-order valence-electron chi connectivity index (χ1n) is 17.7. The summed E-state index contributed by atoms with van der Waals surface area (Å²) < 4.78 is 6.96. The number of thiophene rings is 1. The topological polar surface area (TPSA) is 48.5 Å². The van der Waals surface area contributed by atoms with Gasteiger partial charge in [0.1, 0.15) is 5.82 Å². The summed E-state index contributed by atoms with van der Waals surface area (Å²) in [6.07, 6.45) is 0. The highest BCUT2D eigenvalue weighted by Crippen LogP contribution is 2.39. The van der Waals surface area contributed by atoms with Gasteiger partial charge in [-0.25, -0.2) is 15.0 Å². The third kappa shape index (κ3) is 4.80. The molecule has 5 nitrogen and oxygen atoms in total. The van der Waals surface area contributed by atoms with Crippen molar-refractivity contribution >= 4 is 64.3 Å². The zero-order valence-electron chi connectivity index (χ0n) is 28.4. The van der Waals surface area contributed by atoms with Crippen molar-refractivity contribution in [3.05, 3.63) is 176 Å². The fraction of sp³-hybridized carbons (Fsp3) is 0. The van der Waals surface area contributed by atoms with Gasteiger partial charge in [0.15, 0.2) is 0 Å². The molecular weight excluding hydrogens is 667 g/mol. The van der Waals surface area contributed by atoms with Crippen LogP contribution in [0.15, 0.2) is 176 Å². The van der Waals surface area contributed by atoms with E-state index in [1.54, 1.807) is 11.3 Å². The Bertz CT molecular complexity index is 3050. The Hall–Kier alpha value is -6.89. The normalized spacial score (nSPS) is 11.8. The average molecular weight is 696 g/mol. The van der Waals surface area contributed by atoms with Gasteiger partial charge >= 0.3 is 0 Å². The molecule has 4 aromatic heterocycles. The molecular formula is C47H29N5S. The maximum atomic E-state index is 5.36. The van der Waals surface area contributed by atoms with Gasteiger partial charge in [-0.15, -0.1) is 11.3 Å². The Morgan fingerprint density at radius 3 is 1.58 bits per heavy atom. The predicted molar refractivity (Wildman–Crippen MR) is 220 cm³/mol. The van der Waals surface area contributed by atoms with Crippen LogP contribution in [0.5, 0.6) is 0 Å². The van der Waals surface area contributed by atoms with E-state index in [1.807, 2.05) is 12.1 Å². The Morgan fingerprint density at radius 1 is 0.377 bits per heavy atom. The van der Waals surface area contributed by atoms with Gasteiger partial charge in [0, 0.05) is 53.3 Å². The molecule has 7 aromatic carbocycles. The lowest BCUT2D eigenvalue weighted by Gasteiger charge is -2.13. The second-order valence-electron chi connectivity index (χ2n) is 13.3. The molecule has 248 valence electrons. The number of rotatable bonds is 5. The van der Waals surface area contributed by atoms with Crippen molar-refractivity contribution in [3.8, 4) is 45.5 Å². The van der Waals surface area contributed by atoms with Gasteiger partial charge in [0.2, 0.25) is 5.95 Å². The lowest BCUT2D eigenvalue weighted by molar-refractivity contribution is 0.962. The Morgan fingerprint density at radius 2 is 0.943 bits per heavy atom. The first kappa shape index (κ1) is 29.8. The van der Waals surface area contributed by atoms with E-state index in [-0.39, 0.29) is 0 Å². The van der Waals surface area contributed by atoms with Crippen LogP contribution in [0, 0.1) is 0 Å². The fourth-order valence-corrected chi connectivity index (χ4v) is 8.82. The molecule has 0 fully saturated rings. The summed E-state index contributed by atoms with van der Waals surface area (Å²) in [5, 5.41) is 4.93. The van der Waals surface area contributed by atoms with Gasteiger partial charge in [-0.2, -0.15) is 0 Å². The van der Waals surface area contributed by atoms with E-state index in [1.165, 1.54) is 42.0 Å². The van der Waals surface area contributed by atoms with Gasteiger partial charge in [-0.1, -0.05) is 115 Å². The molecule has 0 aliphatic heterocycles. The Kier molecular flexibility index (Phi) is 6.66. The molecule has 53 heavy (non-hydrogen) atoms. The SMILES string of the molecule is c1ccc(-c2cc(-c3ccccc3)nc(-n3c(-c4ccc(-n5c6ccccc6c6ccccc65)cc4)nc4cc5sc6ccccc6c5cc43)n2)cc1. The van der Waals surface area contributed by atoms with Crippen LogP contribution in [-0.2, 0) is 0 Å². The predicted octanol–water partition coefficient (Wildman–Crippen LogP) is 12.3. The lowest BCUT2D eigenvalue weighted by atomic mass is 10.1. The van der Waals surface area contributed by atoms with Crippen molar-refractivity contribution in [2.75, 3.05) is 0 Å². The number of benzene rings is 7. The molecule has 0 radical (unpaired) electrons. The van der Waals surface area contributed by atoms with Crippen molar-refractivity contribution in [1.29, 1.82) is 0 Å². The third-order valence-electron chi connectivity index (χ3n) is 10.2. The van der Waals surface area contributed by atoms with Gasteiger partial charge in [0.05, 0.1) is 33.5 Å². The van der Waals surface area contributed by atoms with Crippen LogP contribution in [0.2, 0.25) is 0 Å². The van der Waals surface area contributed by atoms with Gasteiger partial charge in [-0.05, 0) is 60.7 Å². The quantitative estimate of drug-likeness (QED) is 0.180. The molecule has 11 rings (SSSR count). The van der Waals surface area contributed by atoms with Gasteiger partial charge < -0.3 is 4.57 Å². The van der Waals surface area contributed by atoms with Crippen molar-refractivity contribution < 1.29 is 0 Å². The highest BCUT2D eigenvalue weighted by atomic mass is 32.1. The Labute approximate surface area is 308 Å². The Balaban J connectivity index is 1.16. The van der Waals surface area contributed by atoms with Crippen LogP contribution < -0.4 is 0 Å². The van der Waals surface area contributed by atoms with Crippen LogP contribution in [0.25, 0.3) is 98.5 Å². The van der Waals surface area contributed by atoms with E-state index < -0.39 is 0 Å². The maximum absolute atomic E-state index is 5.36. The van der Waals surface area contributed by atoms with Crippen LogP contribution >= 0.6 is 11.3 Å². The fourth-order valence-electron chi connectivity index (χ4n) is 7.70. The molecule has 0 aliphatic rings. The minimum Gasteiger partial charge on any atom is -0.309 e. The van der Waals surface area contributed by atoms with Crippen LogP contribution in [0.3, 0.4) is 0 Å². The molecule has 0 aliphatic carbocycles. The molecule has 6 heteroatoms. The molecule has 0 spiro atoms.